The molecule has 4 heteroatoms. The standard InChI is InChI=1S/C13H14N4/c1-10(2)11-3-5-12(6-4-11)13-9-15-16-17(13)8-7-14/h3-6,9-10H,8H2,1-2H3. The van der Waals surface area contributed by atoms with Crippen molar-refractivity contribution in [2.24, 2.45) is 0 Å². The average Bonchev–Trinajstić information content (AvgIpc) is 2.78. The van der Waals surface area contributed by atoms with Gasteiger partial charge < -0.3 is 0 Å². The predicted molar refractivity (Wildman–Crippen MR) is 65.2 cm³/mol. The molecule has 0 aliphatic carbocycles. The van der Waals surface area contributed by atoms with Crippen molar-refractivity contribution in [3.8, 4) is 17.3 Å². The minimum atomic E-state index is 0.223. The third kappa shape index (κ3) is 2.34. The highest BCUT2D eigenvalue weighted by molar-refractivity contribution is 5.58. The van der Waals surface area contributed by atoms with E-state index in [9.17, 15) is 0 Å². The summed E-state index contributed by atoms with van der Waals surface area (Å²) in [6, 6.07) is 10.4. The maximum Gasteiger partial charge on any atom is 0.130 e. The molecule has 0 amide bonds. The minimum absolute atomic E-state index is 0.223. The van der Waals surface area contributed by atoms with Crippen molar-refractivity contribution in [3.05, 3.63) is 36.0 Å². The second kappa shape index (κ2) is 4.79. The molecule has 2 aromatic rings. The fourth-order valence-electron chi connectivity index (χ4n) is 1.70. The van der Waals surface area contributed by atoms with Gasteiger partial charge in [0.15, 0.2) is 0 Å². The van der Waals surface area contributed by atoms with E-state index < -0.39 is 0 Å². The van der Waals surface area contributed by atoms with E-state index in [1.807, 2.05) is 12.1 Å². The summed E-state index contributed by atoms with van der Waals surface area (Å²) in [6.45, 7) is 4.55. The Balaban J connectivity index is 2.34. The third-order valence-electron chi connectivity index (χ3n) is 2.71. The van der Waals surface area contributed by atoms with E-state index in [0.29, 0.717) is 5.92 Å². The summed E-state index contributed by atoms with van der Waals surface area (Å²) in [5, 5.41) is 16.4. The lowest BCUT2D eigenvalue weighted by Gasteiger charge is -2.07. The first-order chi connectivity index (χ1) is 8.22. The Morgan fingerprint density at radius 1 is 1.29 bits per heavy atom. The van der Waals surface area contributed by atoms with Gasteiger partial charge in [0.05, 0.1) is 18.0 Å². The lowest BCUT2D eigenvalue weighted by Crippen LogP contribution is -2.00. The highest BCUT2D eigenvalue weighted by atomic mass is 15.4. The normalized spacial score (nSPS) is 10.5. The number of nitriles is 1. The van der Waals surface area contributed by atoms with Crippen LogP contribution in [0.25, 0.3) is 11.3 Å². The molecule has 0 aliphatic heterocycles. The van der Waals surface area contributed by atoms with Gasteiger partial charge >= 0.3 is 0 Å². The van der Waals surface area contributed by atoms with Gasteiger partial charge in [-0.2, -0.15) is 5.26 Å². The fraction of sp³-hybridized carbons (Fsp3) is 0.308. The van der Waals surface area contributed by atoms with E-state index in [0.717, 1.165) is 11.3 Å². The molecule has 4 nitrogen and oxygen atoms in total. The first-order valence-electron chi connectivity index (χ1n) is 5.58. The zero-order chi connectivity index (χ0) is 12.3. The second-order valence-electron chi connectivity index (χ2n) is 4.21. The van der Waals surface area contributed by atoms with Crippen LogP contribution < -0.4 is 0 Å². The quantitative estimate of drug-likeness (QED) is 0.808. The number of hydrogen-bond acceptors (Lipinski definition) is 3. The van der Waals surface area contributed by atoms with E-state index in [1.165, 1.54) is 5.56 Å². The molecule has 1 heterocycles. The van der Waals surface area contributed by atoms with Crippen LogP contribution in [0.2, 0.25) is 0 Å². The first kappa shape index (κ1) is 11.3. The molecule has 0 atom stereocenters. The van der Waals surface area contributed by atoms with Crippen LogP contribution in [0.4, 0.5) is 0 Å². The molecule has 0 aliphatic rings. The topological polar surface area (TPSA) is 54.5 Å². The Morgan fingerprint density at radius 3 is 2.59 bits per heavy atom. The SMILES string of the molecule is CC(C)c1ccc(-c2cnnn2CC#N)cc1. The van der Waals surface area contributed by atoms with Crippen molar-refractivity contribution in [2.75, 3.05) is 0 Å². The summed E-state index contributed by atoms with van der Waals surface area (Å²) in [5.41, 5.74) is 3.21. The number of benzene rings is 1. The number of hydrogen-bond donors (Lipinski definition) is 0. The molecule has 1 aromatic carbocycles. The van der Waals surface area contributed by atoms with Crippen LogP contribution in [0.3, 0.4) is 0 Å². The molecule has 86 valence electrons. The average molecular weight is 226 g/mol. The molecule has 0 saturated heterocycles. The van der Waals surface area contributed by atoms with Crippen LogP contribution in [0, 0.1) is 11.3 Å². The zero-order valence-electron chi connectivity index (χ0n) is 9.96. The number of rotatable bonds is 3. The van der Waals surface area contributed by atoms with Crippen LogP contribution >= 0.6 is 0 Å². The van der Waals surface area contributed by atoms with Gasteiger partial charge in [-0.3, -0.25) is 0 Å². The highest BCUT2D eigenvalue weighted by Crippen LogP contribution is 2.21. The Kier molecular flexibility index (Phi) is 3.20. The van der Waals surface area contributed by atoms with E-state index in [4.69, 9.17) is 5.26 Å². The Hall–Kier alpha value is -2.15. The maximum atomic E-state index is 8.69. The molecular formula is C13H14N4. The molecule has 17 heavy (non-hydrogen) atoms. The Labute approximate surface area is 101 Å². The summed E-state index contributed by atoms with van der Waals surface area (Å²) in [5.74, 6) is 0.520. The van der Waals surface area contributed by atoms with Crippen LogP contribution in [-0.4, -0.2) is 15.0 Å². The molecule has 0 saturated carbocycles. The van der Waals surface area contributed by atoms with Crippen molar-refractivity contribution >= 4 is 0 Å². The van der Waals surface area contributed by atoms with Gasteiger partial charge in [0.1, 0.15) is 6.54 Å². The summed E-state index contributed by atoms with van der Waals surface area (Å²) < 4.78 is 1.60. The zero-order valence-corrected chi connectivity index (χ0v) is 9.96. The van der Waals surface area contributed by atoms with Gasteiger partial charge in [-0.1, -0.05) is 43.3 Å². The molecule has 1 aromatic heterocycles. The monoisotopic (exact) mass is 226 g/mol. The third-order valence-corrected chi connectivity index (χ3v) is 2.71. The van der Waals surface area contributed by atoms with E-state index in [1.54, 1.807) is 10.9 Å². The fourth-order valence-corrected chi connectivity index (χ4v) is 1.70. The second-order valence-corrected chi connectivity index (χ2v) is 4.21. The van der Waals surface area contributed by atoms with Crippen molar-refractivity contribution < 1.29 is 0 Å². The molecule has 0 spiro atoms. The lowest BCUT2D eigenvalue weighted by molar-refractivity contribution is 0.674. The largest absolute Gasteiger partial charge is 0.231 e. The van der Waals surface area contributed by atoms with Crippen molar-refractivity contribution in [3.63, 3.8) is 0 Å². The molecule has 0 N–H and O–H groups in total. The highest BCUT2D eigenvalue weighted by Gasteiger charge is 2.06. The van der Waals surface area contributed by atoms with Gasteiger partial charge in [-0.15, -0.1) is 5.10 Å². The predicted octanol–water partition coefficient (Wildman–Crippen LogP) is 2.59. The van der Waals surface area contributed by atoms with Crippen LogP contribution in [0.5, 0.6) is 0 Å². The number of nitrogens with zero attached hydrogens (tertiary/aromatic N) is 4. The molecule has 0 bridgehead atoms. The Morgan fingerprint density at radius 2 is 2.00 bits per heavy atom. The Bertz CT molecular complexity index is 531. The smallest absolute Gasteiger partial charge is 0.130 e. The number of aromatic nitrogens is 3. The summed E-state index contributed by atoms with van der Waals surface area (Å²) >= 11 is 0. The molecule has 0 fully saturated rings. The molecule has 0 radical (unpaired) electrons. The summed E-state index contributed by atoms with van der Waals surface area (Å²) in [6.07, 6.45) is 1.68. The van der Waals surface area contributed by atoms with Crippen LogP contribution in [0.15, 0.2) is 30.5 Å². The van der Waals surface area contributed by atoms with Gasteiger partial charge in [-0.25, -0.2) is 4.68 Å². The van der Waals surface area contributed by atoms with E-state index in [2.05, 4.69) is 42.4 Å². The van der Waals surface area contributed by atoms with E-state index >= 15 is 0 Å². The van der Waals surface area contributed by atoms with Gasteiger partial charge in [0, 0.05) is 5.56 Å². The molecule has 0 unspecified atom stereocenters. The van der Waals surface area contributed by atoms with Crippen LogP contribution in [-0.2, 0) is 6.54 Å². The van der Waals surface area contributed by atoms with Gasteiger partial charge in [0.2, 0.25) is 0 Å². The van der Waals surface area contributed by atoms with Crippen molar-refractivity contribution in [2.45, 2.75) is 26.3 Å². The lowest BCUT2D eigenvalue weighted by atomic mass is 10.0. The van der Waals surface area contributed by atoms with E-state index in [-0.39, 0.29) is 6.54 Å². The molecule has 2 rings (SSSR count). The van der Waals surface area contributed by atoms with Crippen molar-refractivity contribution in [1.29, 1.82) is 5.26 Å². The van der Waals surface area contributed by atoms with Gasteiger partial charge in [0.25, 0.3) is 0 Å². The first-order valence-corrected chi connectivity index (χ1v) is 5.58. The molecular weight excluding hydrogens is 212 g/mol. The van der Waals surface area contributed by atoms with Crippen molar-refractivity contribution in [1.82, 2.24) is 15.0 Å². The maximum absolute atomic E-state index is 8.69. The summed E-state index contributed by atoms with van der Waals surface area (Å²) in [7, 11) is 0. The van der Waals surface area contributed by atoms with Crippen LogP contribution in [0.1, 0.15) is 25.3 Å². The summed E-state index contributed by atoms with van der Waals surface area (Å²) in [4.78, 5) is 0. The minimum Gasteiger partial charge on any atom is -0.231 e. The van der Waals surface area contributed by atoms with Gasteiger partial charge in [-0.05, 0) is 11.5 Å².